The van der Waals surface area contributed by atoms with Gasteiger partial charge in [0.25, 0.3) is 0 Å². The summed E-state index contributed by atoms with van der Waals surface area (Å²) in [6.45, 7) is 3.90. The van der Waals surface area contributed by atoms with Gasteiger partial charge in [-0.05, 0) is 35.6 Å². The summed E-state index contributed by atoms with van der Waals surface area (Å²) in [7, 11) is 0. The Morgan fingerprint density at radius 3 is 1.80 bits per heavy atom. The highest BCUT2D eigenvalue weighted by Gasteiger charge is 2.28. The minimum Gasteiger partial charge on any atom is -0.480 e. The summed E-state index contributed by atoms with van der Waals surface area (Å²) in [4.78, 5) is 57.4. The van der Waals surface area contributed by atoms with E-state index in [2.05, 4.69) is 10.6 Å². The number of carbonyl (C=O) groups excluding carboxylic acids is 3. The van der Waals surface area contributed by atoms with Crippen LogP contribution in [0.2, 0.25) is 0 Å². The topological polar surface area (TPSA) is 159 Å². The van der Waals surface area contributed by atoms with Crippen LogP contribution in [0, 0.1) is 17.6 Å². The smallest absolute Gasteiger partial charge is 0.408 e. The summed E-state index contributed by atoms with van der Waals surface area (Å²) >= 11 is 0. The van der Waals surface area contributed by atoms with Gasteiger partial charge in [-0.3, -0.25) is 9.59 Å². The van der Waals surface area contributed by atoms with Crippen molar-refractivity contribution in [2.75, 3.05) is 0 Å². The molecule has 0 aliphatic heterocycles. The van der Waals surface area contributed by atoms with Gasteiger partial charge in [0.2, 0.25) is 5.91 Å². The molecule has 234 valence electrons. The fourth-order valence-electron chi connectivity index (χ4n) is 3.99. The number of alkyl carbamates (subject to hydrolysis) is 1. The summed E-state index contributed by atoms with van der Waals surface area (Å²) in [5, 5.41) is 23.1. The fourth-order valence-corrected chi connectivity index (χ4v) is 3.99. The Morgan fingerprint density at radius 2 is 1.32 bits per heavy atom. The molecule has 0 aliphatic rings. The number of carboxylic acids is 2. The van der Waals surface area contributed by atoms with Crippen molar-refractivity contribution in [2.24, 2.45) is 5.92 Å². The number of carboxylic acid groups (broad SMARTS) is 2. The lowest BCUT2D eigenvalue weighted by Gasteiger charge is -2.22. The molecule has 0 fully saturated rings. The lowest BCUT2D eigenvalue weighted by atomic mass is 10.00. The van der Waals surface area contributed by atoms with Crippen molar-refractivity contribution in [1.29, 1.82) is 0 Å². The normalized spacial score (nSPS) is 12.5. The number of aliphatic carboxylic acids is 2. The number of amides is 2. The highest BCUT2D eigenvalue weighted by molar-refractivity contribution is 5.93. The van der Waals surface area contributed by atoms with E-state index in [0.717, 1.165) is 29.3 Å². The van der Waals surface area contributed by atoms with Crippen LogP contribution in [-0.4, -0.2) is 52.5 Å². The highest BCUT2D eigenvalue weighted by atomic mass is 19.1. The molecule has 0 heterocycles. The van der Waals surface area contributed by atoms with Gasteiger partial charge in [-0.25, -0.2) is 18.4 Å². The van der Waals surface area contributed by atoms with Crippen molar-refractivity contribution in [3.05, 3.63) is 107 Å². The number of ether oxygens (including phenoxy) is 1. The van der Waals surface area contributed by atoms with Crippen LogP contribution >= 0.6 is 0 Å². The zero-order valence-corrected chi connectivity index (χ0v) is 24.1. The summed E-state index contributed by atoms with van der Waals surface area (Å²) in [6.07, 6.45) is -0.239. The van der Waals surface area contributed by atoms with Crippen LogP contribution in [0.15, 0.2) is 78.9 Å². The molecular formula is C32H34F2N2O8. The number of benzene rings is 3. The van der Waals surface area contributed by atoms with Crippen LogP contribution < -0.4 is 10.6 Å². The van der Waals surface area contributed by atoms with Crippen LogP contribution in [0.3, 0.4) is 0 Å². The molecule has 4 N–H and O–H groups in total. The van der Waals surface area contributed by atoms with E-state index in [9.17, 15) is 37.9 Å². The monoisotopic (exact) mass is 612 g/mol. The minimum atomic E-state index is -1.80. The number of aldehydes is 1. The molecular weight excluding hydrogens is 578 g/mol. The molecule has 12 heteroatoms. The van der Waals surface area contributed by atoms with Crippen molar-refractivity contribution < 1.29 is 47.7 Å². The van der Waals surface area contributed by atoms with E-state index in [4.69, 9.17) is 9.84 Å². The second kappa shape index (κ2) is 17.7. The summed E-state index contributed by atoms with van der Waals surface area (Å²) in [5.74, 6) is -7.03. The van der Waals surface area contributed by atoms with Crippen molar-refractivity contribution in [1.82, 2.24) is 10.6 Å². The number of hydrogen-bond donors (Lipinski definition) is 4. The minimum absolute atomic E-state index is 0.0101. The molecule has 0 saturated heterocycles. The molecule has 1 unspecified atom stereocenters. The first-order chi connectivity index (χ1) is 20.9. The van der Waals surface area contributed by atoms with E-state index in [1.54, 1.807) is 12.1 Å². The average Bonchev–Trinajstić information content (AvgIpc) is 2.98. The Labute approximate surface area is 253 Å². The average molecular weight is 613 g/mol. The number of halogens is 2. The molecule has 0 aliphatic carbocycles. The van der Waals surface area contributed by atoms with E-state index in [1.165, 1.54) is 0 Å². The van der Waals surface area contributed by atoms with Gasteiger partial charge in [-0.15, -0.1) is 0 Å². The standard InChI is InChI=1S/C23H28N2O5.C9H6F2O3/c1-16(2)13-19(25-23(29)30-15-18-11-7-4-8-12-18)21(26)24-20(22(27)28)14-17-9-5-3-6-10-17;10-6-2-1-3-7(11)8(6)5(4-12)9(13)14/h3-12,16,19-20H,13-15H2,1-2H3,(H,24,26)(H,25,29)(H,27,28);1-5H,(H,13,14)/t19-,20-;/m0./s1. The van der Waals surface area contributed by atoms with Gasteiger partial charge in [0.05, 0.1) is 0 Å². The molecule has 3 atom stereocenters. The molecule has 3 rings (SSSR count). The van der Waals surface area contributed by atoms with E-state index in [0.29, 0.717) is 6.42 Å². The predicted octanol–water partition coefficient (Wildman–Crippen LogP) is 4.47. The quantitative estimate of drug-likeness (QED) is 0.163. The SMILES string of the molecule is CC(C)C[C@H](NC(=O)OCc1ccccc1)C(=O)N[C@@H](Cc1ccccc1)C(=O)O.O=CC(C(=O)O)c1c(F)cccc1F. The Morgan fingerprint density at radius 1 is 0.773 bits per heavy atom. The largest absolute Gasteiger partial charge is 0.480 e. The maximum Gasteiger partial charge on any atom is 0.408 e. The number of nitrogens with one attached hydrogen (secondary N) is 2. The molecule has 2 amide bonds. The Kier molecular flexibility index (Phi) is 14.1. The molecule has 10 nitrogen and oxygen atoms in total. The lowest BCUT2D eigenvalue weighted by Crippen LogP contribution is -2.52. The number of rotatable bonds is 13. The van der Waals surface area contributed by atoms with Crippen molar-refractivity contribution in [3.8, 4) is 0 Å². The second-order valence-corrected chi connectivity index (χ2v) is 10.1. The molecule has 0 spiro atoms. The predicted molar refractivity (Wildman–Crippen MR) is 156 cm³/mol. The molecule has 0 aromatic heterocycles. The third-order valence-electron chi connectivity index (χ3n) is 6.14. The van der Waals surface area contributed by atoms with Gasteiger partial charge in [0.1, 0.15) is 42.5 Å². The fraction of sp³-hybridized carbons (Fsp3) is 0.281. The molecule has 0 radical (unpaired) electrons. The van der Waals surface area contributed by atoms with Gasteiger partial charge in [-0.1, -0.05) is 80.6 Å². The molecule has 3 aromatic rings. The Hall–Kier alpha value is -5.13. The zero-order valence-electron chi connectivity index (χ0n) is 24.1. The van der Waals surface area contributed by atoms with E-state index >= 15 is 0 Å². The van der Waals surface area contributed by atoms with Gasteiger partial charge < -0.3 is 30.4 Å². The second-order valence-electron chi connectivity index (χ2n) is 10.1. The molecule has 44 heavy (non-hydrogen) atoms. The highest BCUT2D eigenvalue weighted by Crippen LogP contribution is 2.21. The first-order valence-electron chi connectivity index (χ1n) is 13.6. The van der Waals surface area contributed by atoms with Crippen LogP contribution in [0.4, 0.5) is 13.6 Å². The van der Waals surface area contributed by atoms with Crippen LogP contribution in [0.1, 0.15) is 42.9 Å². The van der Waals surface area contributed by atoms with Crippen molar-refractivity contribution in [3.63, 3.8) is 0 Å². The maximum absolute atomic E-state index is 13.0. The Bertz CT molecular complexity index is 1380. The summed E-state index contributed by atoms with van der Waals surface area (Å²) < 4.78 is 31.2. The van der Waals surface area contributed by atoms with Crippen molar-refractivity contribution >= 4 is 30.2 Å². The van der Waals surface area contributed by atoms with Crippen LogP contribution in [0.25, 0.3) is 0 Å². The molecule has 3 aromatic carbocycles. The summed E-state index contributed by atoms with van der Waals surface area (Å²) in [6, 6.07) is 19.1. The van der Waals surface area contributed by atoms with E-state index < -0.39 is 59.1 Å². The summed E-state index contributed by atoms with van der Waals surface area (Å²) in [5.41, 5.74) is 0.891. The maximum atomic E-state index is 13.0. The number of hydrogen-bond acceptors (Lipinski definition) is 6. The van der Waals surface area contributed by atoms with Gasteiger partial charge in [0.15, 0.2) is 0 Å². The third-order valence-corrected chi connectivity index (χ3v) is 6.14. The molecule has 0 saturated carbocycles. The number of carbonyl (C=O) groups is 5. The van der Waals surface area contributed by atoms with Crippen LogP contribution in [-0.2, 0) is 36.9 Å². The lowest BCUT2D eigenvalue weighted by molar-refractivity contribution is -0.142. The van der Waals surface area contributed by atoms with Gasteiger partial charge >= 0.3 is 18.0 Å². The van der Waals surface area contributed by atoms with Gasteiger partial charge in [-0.2, -0.15) is 0 Å². The Balaban J connectivity index is 0.000000402. The van der Waals surface area contributed by atoms with E-state index in [-0.39, 0.29) is 25.2 Å². The first-order valence-corrected chi connectivity index (χ1v) is 13.6. The van der Waals surface area contributed by atoms with E-state index in [1.807, 2.05) is 62.4 Å². The zero-order chi connectivity index (χ0) is 32.6. The van der Waals surface area contributed by atoms with Crippen molar-refractivity contribution in [2.45, 2.75) is 51.3 Å². The third kappa shape index (κ3) is 11.6. The van der Waals surface area contributed by atoms with Gasteiger partial charge in [0, 0.05) is 12.0 Å². The van der Waals surface area contributed by atoms with Crippen LogP contribution in [0.5, 0.6) is 0 Å². The first kappa shape index (κ1) is 35.1. The molecule has 0 bridgehead atoms.